The van der Waals surface area contributed by atoms with Gasteiger partial charge in [-0.2, -0.15) is 5.10 Å². The SMILES string of the molecule is CC(C)(O)Cn1cc2c(Cl)c(-c3cn(COCC[Si](C)(C)C)c4nc(N5[C@@H]6CC[C@H]5CC(NC(=O)O)C6)cnc34)ccc2n1. The third-order valence-corrected chi connectivity index (χ3v) is 10.7. The molecule has 4 aromatic rings. The molecule has 13 heteroatoms. The van der Waals surface area contributed by atoms with Crippen molar-refractivity contribution in [2.45, 2.75) is 102 Å². The highest BCUT2D eigenvalue weighted by Gasteiger charge is 2.42. The van der Waals surface area contributed by atoms with Crippen LogP contribution < -0.4 is 10.2 Å². The van der Waals surface area contributed by atoms with E-state index in [-0.39, 0.29) is 18.1 Å². The lowest BCUT2D eigenvalue weighted by Gasteiger charge is -2.39. The predicted molar refractivity (Wildman–Crippen MR) is 175 cm³/mol. The first kappa shape index (κ1) is 30.8. The molecule has 0 spiro atoms. The molecule has 236 valence electrons. The number of hydrogen-bond acceptors (Lipinski definition) is 7. The van der Waals surface area contributed by atoms with Crippen LogP contribution in [0.3, 0.4) is 0 Å². The topological polar surface area (TPSA) is 131 Å². The van der Waals surface area contributed by atoms with E-state index in [1.807, 2.05) is 35.3 Å². The highest BCUT2D eigenvalue weighted by Crippen LogP contribution is 2.41. The number of halogens is 1. The molecule has 1 aromatic carbocycles. The maximum Gasteiger partial charge on any atom is 0.404 e. The monoisotopic (exact) mass is 639 g/mol. The van der Waals surface area contributed by atoms with Crippen LogP contribution in [0.4, 0.5) is 10.6 Å². The van der Waals surface area contributed by atoms with Crippen LogP contribution in [-0.2, 0) is 18.0 Å². The summed E-state index contributed by atoms with van der Waals surface area (Å²) in [6.45, 7) is 11.9. The Kier molecular flexibility index (Phi) is 8.14. The van der Waals surface area contributed by atoms with Crippen molar-refractivity contribution in [1.29, 1.82) is 0 Å². The van der Waals surface area contributed by atoms with Gasteiger partial charge in [-0.15, -0.1) is 0 Å². The van der Waals surface area contributed by atoms with Crippen LogP contribution in [0, 0.1) is 0 Å². The van der Waals surface area contributed by atoms with Crippen molar-refractivity contribution in [2.24, 2.45) is 0 Å². The molecule has 0 aliphatic carbocycles. The molecule has 0 radical (unpaired) electrons. The van der Waals surface area contributed by atoms with Gasteiger partial charge in [-0.25, -0.2) is 14.8 Å². The van der Waals surface area contributed by atoms with Crippen molar-refractivity contribution in [3.8, 4) is 11.1 Å². The van der Waals surface area contributed by atoms with Crippen molar-refractivity contribution in [2.75, 3.05) is 11.5 Å². The van der Waals surface area contributed by atoms with E-state index in [4.69, 9.17) is 26.3 Å². The number of anilines is 1. The quantitative estimate of drug-likeness (QED) is 0.143. The van der Waals surface area contributed by atoms with Gasteiger partial charge in [0.1, 0.15) is 18.1 Å². The molecule has 6 rings (SSSR count). The molecule has 5 heterocycles. The van der Waals surface area contributed by atoms with E-state index in [1.165, 1.54) is 0 Å². The zero-order valence-corrected chi connectivity index (χ0v) is 27.8. The Morgan fingerprint density at radius 3 is 2.55 bits per heavy atom. The van der Waals surface area contributed by atoms with Gasteiger partial charge in [-0.05, 0) is 51.6 Å². The van der Waals surface area contributed by atoms with Crippen molar-refractivity contribution >= 4 is 53.7 Å². The molecule has 3 N–H and O–H groups in total. The minimum absolute atomic E-state index is 0.0435. The Morgan fingerprint density at radius 1 is 1.16 bits per heavy atom. The van der Waals surface area contributed by atoms with Gasteiger partial charge in [0.25, 0.3) is 0 Å². The molecule has 3 atom stereocenters. The number of carboxylic acid groups (broad SMARTS) is 1. The number of fused-ring (bicyclic) bond motifs is 4. The van der Waals surface area contributed by atoms with E-state index in [0.717, 1.165) is 70.7 Å². The average Bonchev–Trinajstić information content (AvgIpc) is 3.56. The van der Waals surface area contributed by atoms with Crippen LogP contribution in [0.15, 0.2) is 30.7 Å². The number of aromatic nitrogens is 5. The number of aliphatic hydroxyl groups is 1. The van der Waals surface area contributed by atoms with Crippen molar-refractivity contribution < 1.29 is 19.7 Å². The largest absolute Gasteiger partial charge is 0.465 e. The third-order valence-electron chi connectivity index (χ3n) is 8.62. The van der Waals surface area contributed by atoms with Crippen molar-refractivity contribution in [1.82, 2.24) is 29.6 Å². The number of nitrogens with one attached hydrogen (secondary N) is 1. The second kappa shape index (κ2) is 11.6. The Labute approximate surface area is 263 Å². The molecule has 2 aliphatic heterocycles. The maximum absolute atomic E-state index is 11.3. The highest BCUT2D eigenvalue weighted by atomic mass is 35.5. The van der Waals surface area contributed by atoms with E-state index in [0.29, 0.717) is 24.9 Å². The van der Waals surface area contributed by atoms with Gasteiger partial charge in [0, 0.05) is 61.7 Å². The fourth-order valence-corrected chi connectivity index (χ4v) is 7.71. The van der Waals surface area contributed by atoms with Gasteiger partial charge in [0.15, 0.2) is 5.65 Å². The lowest BCUT2D eigenvalue weighted by atomic mass is 9.97. The summed E-state index contributed by atoms with van der Waals surface area (Å²) in [5, 5.41) is 28.2. The smallest absolute Gasteiger partial charge is 0.404 e. The van der Waals surface area contributed by atoms with E-state index >= 15 is 0 Å². The van der Waals surface area contributed by atoms with Crippen LogP contribution in [0.5, 0.6) is 0 Å². The summed E-state index contributed by atoms with van der Waals surface area (Å²) in [4.78, 5) is 23.8. The molecule has 2 fully saturated rings. The van der Waals surface area contributed by atoms with Crippen LogP contribution >= 0.6 is 11.6 Å². The second-order valence-corrected chi connectivity index (χ2v) is 20.2. The summed E-state index contributed by atoms with van der Waals surface area (Å²) in [6.07, 6.45) is 8.29. The van der Waals surface area contributed by atoms with Crippen LogP contribution in [-0.4, -0.2) is 79.0 Å². The normalized spacial score (nSPS) is 20.6. The minimum atomic E-state index is -1.25. The molecule has 1 amide bonds. The zero-order chi connectivity index (χ0) is 31.4. The van der Waals surface area contributed by atoms with E-state index in [2.05, 4.69) is 35.0 Å². The number of rotatable bonds is 10. The van der Waals surface area contributed by atoms with Crippen LogP contribution in [0.2, 0.25) is 30.7 Å². The minimum Gasteiger partial charge on any atom is -0.465 e. The highest BCUT2D eigenvalue weighted by molar-refractivity contribution is 6.76. The number of amides is 1. The zero-order valence-electron chi connectivity index (χ0n) is 26.0. The van der Waals surface area contributed by atoms with Crippen LogP contribution in [0.1, 0.15) is 39.5 Å². The fourth-order valence-electron chi connectivity index (χ4n) is 6.64. The van der Waals surface area contributed by atoms with E-state index < -0.39 is 19.8 Å². The Morgan fingerprint density at radius 2 is 1.89 bits per heavy atom. The predicted octanol–water partition coefficient (Wildman–Crippen LogP) is 5.95. The van der Waals surface area contributed by atoms with Gasteiger partial charge in [0.05, 0.1) is 28.9 Å². The number of nitrogens with zero attached hydrogens (tertiary/aromatic N) is 6. The maximum atomic E-state index is 11.3. The molecule has 2 aliphatic rings. The average molecular weight is 640 g/mol. The Bertz CT molecular complexity index is 1680. The van der Waals surface area contributed by atoms with Gasteiger partial charge < -0.3 is 29.7 Å². The first-order chi connectivity index (χ1) is 20.8. The third kappa shape index (κ3) is 6.44. The number of piperidine rings is 1. The van der Waals surface area contributed by atoms with Crippen molar-refractivity contribution in [3.05, 3.63) is 35.7 Å². The van der Waals surface area contributed by atoms with E-state index in [9.17, 15) is 15.0 Å². The Hall–Kier alpha value is -3.19. The molecular weight excluding hydrogens is 598 g/mol. The molecular formula is C31H42ClN7O4Si. The van der Waals surface area contributed by atoms with Crippen LogP contribution in [0.25, 0.3) is 33.2 Å². The number of ether oxygens (including phenoxy) is 1. The van der Waals surface area contributed by atoms with Gasteiger partial charge in [-0.3, -0.25) is 4.68 Å². The lowest BCUT2D eigenvalue weighted by molar-refractivity contribution is 0.0580. The molecule has 2 saturated heterocycles. The summed E-state index contributed by atoms with van der Waals surface area (Å²) >= 11 is 7.04. The first-order valence-electron chi connectivity index (χ1n) is 15.4. The van der Waals surface area contributed by atoms with Gasteiger partial charge in [0.2, 0.25) is 0 Å². The number of benzene rings is 1. The summed E-state index contributed by atoms with van der Waals surface area (Å²) in [6, 6.07) is 5.36. The first-order valence-corrected chi connectivity index (χ1v) is 19.4. The number of carbonyl (C=O) groups is 1. The van der Waals surface area contributed by atoms with E-state index in [1.54, 1.807) is 18.5 Å². The standard InChI is InChI=1S/C31H42ClN7O4Si/c1-31(2,42)17-38-16-24-25(36-38)9-8-22(27(24)32)23-15-37(18-43-10-11-44(3,4)5)29-28(23)33-14-26(35-29)39-20-6-7-21(39)13-19(12-20)34-30(40)41/h8-9,14-16,19-21,34,42H,6-7,10-13,17-18H2,1-5H3,(H,40,41)/t19?,20-,21+. The second-order valence-electron chi connectivity index (χ2n) is 14.2. The summed E-state index contributed by atoms with van der Waals surface area (Å²) in [5.74, 6) is 0.807. The Balaban J connectivity index is 1.37. The van der Waals surface area contributed by atoms with Crippen molar-refractivity contribution in [3.63, 3.8) is 0 Å². The number of hydrogen-bond donors (Lipinski definition) is 3. The van der Waals surface area contributed by atoms with Gasteiger partial charge in [-0.1, -0.05) is 37.3 Å². The molecule has 1 unspecified atom stereocenters. The summed E-state index contributed by atoms with van der Waals surface area (Å²) in [5.41, 5.74) is 3.01. The molecule has 0 saturated carbocycles. The summed E-state index contributed by atoms with van der Waals surface area (Å²) in [7, 11) is -1.25. The fraction of sp³-hybridized carbons (Fsp3) is 0.548. The molecule has 11 nitrogen and oxygen atoms in total. The lowest BCUT2D eigenvalue weighted by Crippen LogP contribution is -2.50. The summed E-state index contributed by atoms with van der Waals surface area (Å²) < 4.78 is 9.92. The van der Waals surface area contributed by atoms with Gasteiger partial charge >= 0.3 is 6.09 Å². The molecule has 2 bridgehead atoms. The molecule has 44 heavy (non-hydrogen) atoms. The molecule has 3 aromatic heterocycles.